The molecule has 4 aromatic rings. The standard InChI is InChI=1S/C20H15BrN2/c21-14-17-13-20(22-23(17)16-9-2-1-3-10-16)19-12-6-8-15-7-4-5-11-18(15)19/h1-13H,14H2. The molecular weight excluding hydrogens is 348 g/mol. The summed E-state index contributed by atoms with van der Waals surface area (Å²) in [5.41, 5.74) is 4.38. The third-order valence-electron chi connectivity index (χ3n) is 3.99. The van der Waals surface area contributed by atoms with Crippen molar-refractivity contribution in [3.63, 3.8) is 0 Å². The van der Waals surface area contributed by atoms with Crippen molar-refractivity contribution in [1.82, 2.24) is 9.78 Å². The van der Waals surface area contributed by atoms with Gasteiger partial charge in [0.25, 0.3) is 0 Å². The second kappa shape index (κ2) is 6.01. The fraction of sp³-hybridized carbons (Fsp3) is 0.0500. The van der Waals surface area contributed by atoms with Gasteiger partial charge in [-0.05, 0) is 29.0 Å². The van der Waals surface area contributed by atoms with Crippen LogP contribution >= 0.6 is 15.9 Å². The Kier molecular flexibility index (Phi) is 3.72. The van der Waals surface area contributed by atoms with E-state index in [0.29, 0.717) is 0 Å². The Balaban J connectivity index is 1.91. The number of benzene rings is 3. The van der Waals surface area contributed by atoms with Crippen LogP contribution in [0.5, 0.6) is 0 Å². The summed E-state index contributed by atoms with van der Waals surface area (Å²) in [7, 11) is 0. The first-order valence-electron chi connectivity index (χ1n) is 7.55. The zero-order chi connectivity index (χ0) is 15.6. The molecule has 0 fully saturated rings. The molecule has 3 heteroatoms. The molecule has 1 heterocycles. The summed E-state index contributed by atoms with van der Waals surface area (Å²) in [4.78, 5) is 0. The molecule has 0 saturated carbocycles. The van der Waals surface area contributed by atoms with Crippen LogP contribution in [0.4, 0.5) is 0 Å². The lowest BCUT2D eigenvalue weighted by Crippen LogP contribution is -2.00. The monoisotopic (exact) mass is 362 g/mol. The lowest BCUT2D eigenvalue weighted by Gasteiger charge is -2.05. The number of nitrogens with zero attached hydrogens (tertiary/aromatic N) is 2. The van der Waals surface area contributed by atoms with Crippen LogP contribution in [0.2, 0.25) is 0 Å². The average Bonchev–Trinajstić information content (AvgIpc) is 3.06. The van der Waals surface area contributed by atoms with Gasteiger partial charge in [0.2, 0.25) is 0 Å². The topological polar surface area (TPSA) is 17.8 Å². The molecule has 0 unspecified atom stereocenters. The van der Waals surface area contributed by atoms with Gasteiger partial charge in [0.1, 0.15) is 0 Å². The van der Waals surface area contributed by atoms with E-state index < -0.39 is 0 Å². The molecule has 0 bridgehead atoms. The summed E-state index contributed by atoms with van der Waals surface area (Å²) in [6.45, 7) is 0. The number of para-hydroxylation sites is 1. The summed E-state index contributed by atoms with van der Waals surface area (Å²) in [5, 5.41) is 8.09. The summed E-state index contributed by atoms with van der Waals surface area (Å²) < 4.78 is 2.01. The minimum atomic E-state index is 0.764. The van der Waals surface area contributed by atoms with E-state index in [-0.39, 0.29) is 0 Å². The molecule has 2 nitrogen and oxygen atoms in total. The molecule has 1 aromatic heterocycles. The van der Waals surface area contributed by atoms with E-state index in [1.807, 2.05) is 22.9 Å². The molecule has 0 saturated heterocycles. The van der Waals surface area contributed by atoms with E-state index >= 15 is 0 Å². The Hall–Kier alpha value is -2.39. The van der Waals surface area contributed by atoms with Crippen molar-refractivity contribution in [2.75, 3.05) is 0 Å². The van der Waals surface area contributed by atoms with E-state index in [0.717, 1.165) is 22.4 Å². The molecule has 0 spiro atoms. The van der Waals surface area contributed by atoms with Crippen molar-refractivity contribution in [3.05, 3.63) is 84.6 Å². The van der Waals surface area contributed by atoms with Crippen molar-refractivity contribution in [2.45, 2.75) is 5.33 Å². The normalized spacial score (nSPS) is 11.0. The maximum absolute atomic E-state index is 4.86. The van der Waals surface area contributed by atoms with Crippen molar-refractivity contribution in [3.8, 4) is 16.9 Å². The third kappa shape index (κ3) is 2.57. The van der Waals surface area contributed by atoms with Crippen LogP contribution in [0.3, 0.4) is 0 Å². The fourth-order valence-electron chi connectivity index (χ4n) is 2.89. The van der Waals surface area contributed by atoms with E-state index in [1.54, 1.807) is 0 Å². The number of alkyl halides is 1. The van der Waals surface area contributed by atoms with Crippen LogP contribution in [0.15, 0.2) is 78.9 Å². The smallest absolute Gasteiger partial charge is 0.0937 e. The van der Waals surface area contributed by atoms with Crippen LogP contribution in [-0.2, 0) is 5.33 Å². The molecule has 23 heavy (non-hydrogen) atoms. The molecule has 0 aliphatic rings. The van der Waals surface area contributed by atoms with E-state index in [1.165, 1.54) is 16.3 Å². The van der Waals surface area contributed by atoms with Gasteiger partial charge in [0.15, 0.2) is 0 Å². The van der Waals surface area contributed by atoms with Gasteiger partial charge in [-0.3, -0.25) is 0 Å². The minimum absolute atomic E-state index is 0.764. The first-order valence-corrected chi connectivity index (χ1v) is 8.67. The van der Waals surface area contributed by atoms with E-state index in [4.69, 9.17) is 5.10 Å². The van der Waals surface area contributed by atoms with Crippen LogP contribution in [-0.4, -0.2) is 9.78 Å². The van der Waals surface area contributed by atoms with Crippen LogP contribution in [0.25, 0.3) is 27.7 Å². The largest absolute Gasteiger partial charge is 0.236 e. The number of halogens is 1. The molecule has 0 N–H and O–H groups in total. The second-order valence-corrected chi connectivity index (χ2v) is 5.99. The summed E-state index contributed by atoms with van der Waals surface area (Å²) in [5.74, 6) is 0. The lowest BCUT2D eigenvalue weighted by atomic mass is 10.0. The fourth-order valence-corrected chi connectivity index (χ4v) is 3.29. The molecule has 4 rings (SSSR count). The summed E-state index contributed by atoms with van der Waals surface area (Å²) >= 11 is 3.58. The number of aromatic nitrogens is 2. The highest BCUT2D eigenvalue weighted by Crippen LogP contribution is 2.29. The Bertz CT molecular complexity index is 952. The third-order valence-corrected chi connectivity index (χ3v) is 4.56. The second-order valence-electron chi connectivity index (χ2n) is 5.43. The Morgan fingerprint density at radius 1 is 0.826 bits per heavy atom. The molecule has 3 aromatic carbocycles. The van der Waals surface area contributed by atoms with Gasteiger partial charge in [0, 0.05) is 10.9 Å². The highest BCUT2D eigenvalue weighted by atomic mass is 79.9. The van der Waals surface area contributed by atoms with Crippen LogP contribution in [0.1, 0.15) is 5.69 Å². The lowest BCUT2D eigenvalue weighted by molar-refractivity contribution is 0.847. The highest BCUT2D eigenvalue weighted by Gasteiger charge is 2.12. The molecule has 0 amide bonds. The molecule has 0 aliphatic carbocycles. The molecule has 0 aliphatic heterocycles. The SMILES string of the molecule is BrCc1cc(-c2cccc3ccccc23)nn1-c1ccccc1. The highest BCUT2D eigenvalue weighted by molar-refractivity contribution is 9.08. The maximum Gasteiger partial charge on any atom is 0.0937 e. The van der Waals surface area contributed by atoms with E-state index in [2.05, 4.69) is 76.6 Å². The van der Waals surface area contributed by atoms with Gasteiger partial charge in [0.05, 0.1) is 17.1 Å². The quantitative estimate of drug-likeness (QED) is 0.434. The van der Waals surface area contributed by atoms with Crippen LogP contribution < -0.4 is 0 Å². The van der Waals surface area contributed by atoms with Crippen molar-refractivity contribution >= 4 is 26.7 Å². The van der Waals surface area contributed by atoms with Gasteiger partial charge >= 0.3 is 0 Å². The van der Waals surface area contributed by atoms with Gasteiger partial charge in [-0.1, -0.05) is 76.6 Å². The Morgan fingerprint density at radius 3 is 2.39 bits per heavy atom. The predicted octanol–water partition coefficient (Wildman–Crippen LogP) is 5.59. The van der Waals surface area contributed by atoms with Crippen molar-refractivity contribution in [2.24, 2.45) is 0 Å². The van der Waals surface area contributed by atoms with Crippen molar-refractivity contribution < 1.29 is 0 Å². The zero-order valence-electron chi connectivity index (χ0n) is 12.5. The Morgan fingerprint density at radius 2 is 1.57 bits per heavy atom. The summed E-state index contributed by atoms with van der Waals surface area (Å²) in [6, 6.07) is 27.2. The first-order chi connectivity index (χ1) is 11.4. The number of hydrogen-bond acceptors (Lipinski definition) is 1. The molecule has 0 radical (unpaired) electrons. The predicted molar refractivity (Wildman–Crippen MR) is 99.1 cm³/mol. The number of fused-ring (bicyclic) bond motifs is 1. The summed E-state index contributed by atoms with van der Waals surface area (Å²) in [6.07, 6.45) is 0. The van der Waals surface area contributed by atoms with Gasteiger partial charge in [-0.15, -0.1) is 0 Å². The van der Waals surface area contributed by atoms with Gasteiger partial charge in [-0.25, -0.2) is 4.68 Å². The van der Waals surface area contributed by atoms with Gasteiger partial charge in [-0.2, -0.15) is 5.10 Å². The zero-order valence-corrected chi connectivity index (χ0v) is 14.1. The van der Waals surface area contributed by atoms with E-state index in [9.17, 15) is 0 Å². The van der Waals surface area contributed by atoms with Gasteiger partial charge < -0.3 is 0 Å². The van der Waals surface area contributed by atoms with Crippen molar-refractivity contribution in [1.29, 1.82) is 0 Å². The molecule has 0 atom stereocenters. The maximum atomic E-state index is 4.86. The molecular formula is C20H15BrN2. The van der Waals surface area contributed by atoms with Crippen LogP contribution in [0, 0.1) is 0 Å². The Labute approximate surface area is 143 Å². The number of rotatable bonds is 3. The first kappa shape index (κ1) is 14.2. The minimum Gasteiger partial charge on any atom is -0.236 e. The number of hydrogen-bond donors (Lipinski definition) is 0. The molecule has 112 valence electrons. The average molecular weight is 363 g/mol.